The van der Waals surface area contributed by atoms with E-state index >= 15 is 0 Å². The van der Waals surface area contributed by atoms with Gasteiger partial charge in [-0.15, -0.1) is 11.6 Å². The molecular weight excluding hydrogens is 760 g/mol. The monoisotopic (exact) mass is 812 g/mol. The summed E-state index contributed by atoms with van der Waals surface area (Å²) in [5, 5.41) is 14.0. The largest absolute Gasteiger partial charge is 0.361 e. The molecule has 308 valence electrons. The van der Waals surface area contributed by atoms with E-state index in [-0.39, 0.29) is 38.9 Å². The van der Waals surface area contributed by atoms with Crippen LogP contribution in [0.3, 0.4) is 0 Å². The third kappa shape index (κ3) is 12.3. The topological polar surface area (TPSA) is 208 Å². The first-order chi connectivity index (χ1) is 27.9. The molecule has 1 fully saturated rings. The van der Waals surface area contributed by atoms with Crippen molar-refractivity contribution in [1.29, 1.82) is 0 Å². The Morgan fingerprint density at radius 1 is 0.793 bits per heavy atom. The fraction of sp³-hybridized carbons (Fsp3) is 0.395. The lowest BCUT2D eigenvalue weighted by Gasteiger charge is -2.38. The molecule has 14 nitrogen and oxygen atoms in total. The summed E-state index contributed by atoms with van der Waals surface area (Å²) in [6.45, 7) is 4.17. The third-order valence-electron chi connectivity index (χ3n) is 10.3. The van der Waals surface area contributed by atoms with Crippen molar-refractivity contribution < 1.29 is 28.8 Å². The molecule has 0 bridgehead atoms. The van der Waals surface area contributed by atoms with Crippen LogP contribution in [0.25, 0.3) is 10.9 Å². The normalized spacial score (nSPS) is 16.0. The highest BCUT2D eigenvalue weighted by Crippen LogP contribution is 2.22. The number of hydrogen-bond acceptors (Lipinski definition) is 6. The number of nitrogens with one attached hydrogen (secondary N) is 6. The summed E-state index contributed by atoms with van der Waals surface area (Å²) >= 11 is 6.09. The van der Waals surface area contributed by atoms with Crippen LogP contribution >= 0.6 is 11.6 Å². The van der Waals surface area contributed by atoms with Gasteiger partial charge in [0.2, 0.25) is 29.5 Å². The number of hydrogen-bond donors (Lipinski definition) is 7. The summed E-state index contributed by atoms with van der Waals surface area (Å²) in [4.78, 5) is 85.5. The van der Waals surface area contributed by atoms with Gasteiger partial charge in [0.25, 0.3) is 0 Å². The number of para-hydroxylation sites is 1. The summed E-state index contributed by atoms with van der Waals surface area (Å²) in [6, 6.07) is 19.7. The number of likely N-dealkylation sites (tertiary alicyclic amines) is 1. The second-order valence-corrected chi connectivity index (χ2v) is 15.4. The minimum atomic E-state index is -1.15. The lowest BCUT2D eigenvalue weighted by atomic mass is 9.97. The second kappa shape index (κ2) is 21.0. The van der Waals surface area contributed by atoms with E-state index in [1.54, 1.807) is 6.20 Å². The number of alkyl halides is 1. The predicted octanol–water partition coefficient (Wildman–Crippen LogP) is 3.49. The number of benzene rings is 3. The SMILES string of the molecule is Cc1ccc(CNC(=O)C(CCCNC(N)=O)NC(=O)C(Cc2c[nH]c3ccccc23)NC(=O)[C@@H]2CCCCN2C(=O)C(Cc2ccccc2)NC(=O)C(C)Cl)cc1. The van der Waals surface area contributed by atoms with Crippen molar-refractivity contribution in [2.75, 3.05) is 13.1 Å². The molecule has 4 unspecified atom stereocenters. The number of nitrogens with two attached hydrogens (primary N) is 1. The number of amides is 7. The fourth-order valence-electron chi connectivity index (χ4n) is 7.08. The van der Waals surface area contributed by atoms with Crippen molar-refractivity contribution in [3.8, 4) is 0 Å². The van der Waals surface area contributed by atoms with Crippen LogP contribution in [0.15, 0.2) is 85.1 Å². The highest BCUT2D eigenvalue weighted by Gasteiger charge is 2.38. The Morgan fingerprint density at radius 3 is 2.22 bits per heavy atom. The van der Waals surface area contributed by atoms with Crippen molar-refractivity contribution >= 4 is 58.1 Å². The van der Waals surface area contributed by atoms with Crippen molar-refractivity contribution in [1.82, 2.24) is 36.5 Å². The Morgan fingerprint density at radius 2 is 1.50 bits per heavy atom. The highest BCUT2D eigenvalue weighted by atomic mass is 35.5. The number of primary amides is 1. The van der Waals surface area contributed by atoms with E-state index in [1.807, 2.05) is 85.8 Å². The molecule has 5 atom stereocenters. The molecule has 1 aliphatic rings. The maximum atomic E-state index is 14.4. The number of urea groups is 1. The number of nitrogens with zero attached hydrogens (tertiary/aromatic N) is 1. The second-order valence-electron chi connectivity index (χ2n) is 14.7. The van der Waals surface area contributed by atoms with Crippen molar-refractivity contribution in [3.05, 3.63) is 107 Å². The van der Waals surface area contributed by atoms with Gasteiger partial charge >= 0.3 is 6.03 Å². The van der Waals surface area contributed by atoms with E-state index in [9.17, 15) is 28.8 Å². The molecule has 3 aromatic carbocycles. The molecule has 1 aliphatic heterocycles. The zero-order chi connectivity index (χ0) is 41.6. The van der Waals surface area contributed by atoms with Crippen LogP contribution in [0.5, 0.6) is 0 Å². The third-order valence-corrected chi connectivity index (χ3v) is 10.5. The molecule has 1 saturated heterocycles. The Kier molecular flexibility index (Phi) is 15.7. The number of H-pyrrole nitrogens is 1. The van der Waals surface area contributed by atoms with Gasteiger partial charge in [-0.25, -0.2) is 4.79 Å². The van der Waals surface area contributed by atoms with Crippen molar-refractivity contribution in [2.24, 2.45) is 5.73 Å². The van der Waals surface area contributed by atoms with Gasteiger partial charge in [0.1, 0.15) is 29.5 Å². The first-order valence-corrected chi connectivity index (χ1v) is 20.1. The minimum Gasteiger partial charge on any atom is -0.361 e. The fourth-order valence-corrected chi connectivity index (χ4v) is 7.14. The molecule has 4 aromatic rings. The molecule has 0 radical (unpaired) electrons. The van der Waals surface area contributed by atoms with E-state index in [1.165, 1.54) is 11.8 Å². The predicted molar refractivity (Wildman–Crippen MR) is 222 cm³/mol. The van der Waals surface area contributed by atoms with Gasteiger partial charge in [-0.05, 0) is 68.7 Å². The lowest BCUT2D eigenvalue weighted by Crippen LogP contribution is -2.61. The van der Waals surface area contributed by atoms with E-state index in [0.717, 1.165) is 33.2 Å². The van der Waals surface area contributed by atoms with Crippen LogP contribution < -0.4 is 32.3 Å². The molecule has 8 N–H and O–H groups in total. The molecule has 2 heterocycles. The zero-order valence-corrected chi connectivity index (χ0v) is 33.6. The molecule has 58 heavy (non-hydrogen) atoms. The highest BCUT2D eigenvalue weighted by molar-refractivity contribution is 6.30. The van der Waals surface area contributed by atoms with Gasteiger partial charge in [0, 0.05) is 49.6 Å². The average molecular weight is 813 g/mol. The number of aromatic nitrogens is 1. The maximum Gasteiger partial charge on any atom is 0.312 e. The van der Waals surface area contributed by atoms with E-state index in [0.29, 0.717) is 25.7 Å². The number of rotatable bonds is 18. The summed E-state index contributed by atoms with van der Waals surface area (Å²) in [7, 11) is 0. The summed E-state index contributed by atoms with van der Waals surface area (Å²) in [5.74, 6) is -2.51. The summed E-state index contributed by atoms with van der Waals surface area (Å²) in [5.41, 5.74) is 9.62. The van der Waals surface area contributed by atoms with Crippen molar-refractivity contribution in [3.63, 3.8) is 0 Å². The van der Waals surface area contributed by atoms with Crippen LogP contribution in [0.1, 0.15) is 61.3 Å². The Labute approximate surface area is 343 Å². The first kappa shape index (κ1) is 43.2. The average Bonchev–Trinajstić information content (AvgIpc) is 3.63. The minimum absolute atomic E-state index is 0.0729. The Hall–Kier alpha value is -5.89. The maximum absolute atomic E-state index is 14.4. The quantitative estimate of drug-likeness (QED) is 0.0591. The van der Waals surface area contributed by atoms with E-state index in [4.69, 9.17) is 17.3 Å². The van der Waals surface area contributed by atoms with Gasteiger partial charge in [-0.2, -0.15) is 0 Å². The number of halogens is 1. The molecule has 15 heteroatoms. The molecule has 1 aromatic heterocycles. The van der Waals surface area contributed by atoms with E-state index < -0.39 is 65.1 Å². The van der Waals surface area contributed by atoms with Gasteiger partial charge in [0.15, 0.2) is 0 Å². The number of aryl methyl sites for hydroxylation is 1. The molecule has 5 rings (SSSR count). The molecule has 0 saturated carbocycles. The molecule has 0 spiro atoms. The van der Waals surface area contributed by atoms with Gasteiger partial charge < -0.3 is 42.2 Å². The van der Waals surface area contributed by atoms with Crippen LogP contribution in [-0.2, 0) is 43.4 Å². The number of carbonyl (C=O) groups is 6. The summed E-state index contributed by atoms with van der Waals surface area (Å²) in [6.07, 6.45) is 4.19. The Bertz CT molecular complexity index is 2040. The van der Waals surface area contributed by atoms with Crippen LogP contribution in [-0.4, -0.2) is 88.1 Å². The van der Waals surface area contributed by atoms with Crippen LogP contribution in [0, 0.1) is 6.92 Å². The van der Waals surface area contributed by atoms with Crippen molar-refractivity contribution in [2.45, 2.75) is 94.9 Å². The molecular formula is C43H53ClN8O6. The summed E-state index contributed by atoms with van der Waals surface area (Å²) < 4.78 is 0. The smallest absolute Gasteiger partial charge is 0.312 e. The molecule has 7 amide bonds. The first-order valence-electron chi connectivity index (χ1n) is 19.7. The number of fused-ring (bicyclic) bond motifs is 1. The zero-order valence-electron chi connectivity index (χ0n) is 32.9. The Balaban J connectivity index is 1.38. The van der Waals surface area contributed by atoms with Gasteiger partial charge in [-0.1, -0.05) is 78.4 Å². The number of aromatic amines is 1. The van der Waals surface area contributed by atoms with Crippen LogP contribution in [0.2, 0.25) is 0 Å². The number of piperidine rings is 1. The number of carbonyl (C=O) groups excluding carboxylic acids is 6. The van der Waals surface area contributed by atoms with Gasteiger partial charge in [0.05, 0.1) is 0 Å². The standard InChI is InChI=1S/C43H53ClN8O6/c1-27-17-19-30(20-18-27)25-48-39(54)34(15-10-21-46-43(45)58)49-40(55)35(24-31-26-47-33-14-7-6-13-32(31)33)50-41(56)37-16-8-9-22-52(37)42(57)36(51-38(53)28(2)44)23-29-11-4-3-5-12-29/h3-7,11-14,17-20,26,28,34-37,47H,8-10,15-16,21-25H2,1-2H3,(H,48,54)(H,49,55)(H,50,56)(H,51,53)(H3,45,46,58)/t28?,34?,35?,36?,37-/m0/s1. The molecule has 0 aliphatic carbocycles. The van der Waals surface area contributed by atoms with Crippen LogP contribution in [0.4, 0.5) is 4.79 Å². The van der Waals surface area contributed by atoms with E-state index in [2.05, 4.69) is 31.6 Å². The van der Waals surface area contributed by atoms with Gasteiger partial charge in [-0.3, -0.25) is 24.0 Å². The lowest BCUT2D eigenvalue weighted by molar-refractivity contribution is -0.145.